The number of ether oxygens (including phenoxy) is 4. The number of piperidine rings is 1. The molecule has 7 rings (SSSR count). The van der Waals surface area contributed by atoms with Gasteiger partial charge in [0.05, 0.1) is 26.3 Å². The second kappa shape index (κ2) is 11.7. The molecule has 0 spiro atoms. The average Bonchev–Trinajstić information content (AvgIpc) is 3.34. The van der Waals surface area contributed by atoms with Crippen molar-refractivity contribution >= 4 is 28.7 Å². The normalized spacial score (nSPS) is 20.6. The van der Waals surface area contributed by atoms with Crippen LogP contribution in [-0.2, 0) is 22.6 Å². The van der Waals surface area contributed by atoms with Gasteiger partial charge in [-0.05, 0) is 68.6 Å². The summed E-state index contributed by atoms with van der Waals surface area (Å²) in [5.41, 5.74) is 3.20. The number of esters is 1. The highest BCUT2D eigenvalue weighted by atomic mass is 35.5. The fourth-order valence-corrected chi connectivity index (χ4v) is 6.32. The zero-order chi connectivity index (χ0) is 29.5. The number of methoxy groups -OCH3 is 1. The fraction of sp³-hybridized carbons (Fsp3) is 0.406. The van der Waals surface area contributed by atoms with Crippen LogP contribution in [0.1, 0.15) is 58.7 Å². The van der Waals surface area contributed by atoms with Crippen molar-refractivity contribution < 1.29 is 28.1 Å². The minimum absolute atomic E-state index is 0.113. The van der Waals surface area contributed by atoms with E-state index in [-0.39, 0.29) is 24.3 Å². The van der Waals surface area contributed by atoms with Crippen LogP contribution in [0, 0.1) is 5.82 Å². The van der Waals surface area contributed by atoms with Gasteiger partial charge in [-0.25, -0.2) is 19.2 Å². The number of imidazole rings is 1. The van der Waals surface area contributed by atoms with Crippen LogP contribution in [0.4, 0.5) is 4.39 Å². The van der Waals surface area contributed by atoms with Gasteiger partial charge in [0.1, 0.15) is 23.8 Å². The molecule has 4 aromatic rings. The predicted molar refractivity (Wildman–Crippen MR) is 157 cm³/mol. The molecule has 1 unspecified atom stereocenters. The van der Waals surface area contributed by atoms with E-state index in [9.17, 15) is 9.18 Å². The summed E-state index contributed by atoms with van der Waals surface area (Å²) in [5, 5.41) is 0.347. The van der Waals surface area contributed by atoms with Gasteiger partial charge in [-0.15, -0.1) is 0 Å². The molecule has 9 nitrogen and oxygen atoms in total. The van der Waals surface area contributed by atoms with Crippen molar-refractivity contribution in [2.75, 3.05) is 33.4 Å². The third-order valence-electron chi connectivity index (χ3n) is 8.61. The van der Waals surface area contributed by atoms with E-state index in [1.54, 1.807) is 18.2 Å². The summed E-state index contributed by atoms with van der Waals surface area (Å²) < 4.78 is 39.8. The Kier molecular flexibility index (Phi) is 7.67. The highest BCUT2D eigenvalue weighted by Gasteiger charge is 2.32. The standard InChI is InChI=1S/C32H32ClFN4O5/c1-40-32(39)26-8-7-25-31(36-26)38(16-21-11-14-41-21)29(35-25)17-37-12-9-19(10-13-37)22-3-2-4-27-30(22)43-28(18-42-27)23-6-5-20(33)15-24(23)34/h2-8,15,19,21,28H,9-14,16-18H2,1H3/t21-,28?/m0/s1. The maximum atomic E-state index is 14.7. The maximum absolute atomic E-state index is 14.7. The van der Waals surface area contributed by atoms with Gasteiger partial charge in [0.15, 0.2) is 28.9 Å². The Morgan fingerprint density at radius 3 is 2.67 bits per heavy atom. The largest absolute Gasteiger partial charge is 0.485 e. The Balaban J connectivity index is 1.07. The van der Waals surface area contributed by atoms with Gasteiger partial charge in [0.25, 0.3) is 0 Å². The molecule has 0 bridgehead atoms. The maximum Gasteiger partial charge on any atom is 0.356 e. The monoisotopic (exact) mass is 606 g/mol. The zero-order valence-electron chi connectivity index (χ0n) is 23.8. The second-order valence-electron chi connectivity index (χ2n) is 11.3. The molecule has 2 aromatic heterocycles. The summed E-state index contributed by atoms with van der Waals surface area (Å²) in [6.45, 7) is 4.03. The fourth-order valence-electron chi connectivity index (χ4n) is 6.17. The highest BCUT2D eigenvalue weighted by Crippen LogP contribution is 2.45. The summed E-state index contributed by atoms with van der Waals surface area (Å²) in [6.07, 6.45) is 2.40. The second-order valence-corrected chi connectivity index (χ2v) is 11.7. The number of nitrogens with zero attached hydrogens (tertiary/aromatic N) is 4. The number of para-hydroxylation sites is 1. The zero-order valence-corrected chi connectivity index (χ0v) is 24.6. The third kappa shape index (κ3) is 5.55. The summed E-state index contributed by atoms with van der Waals surface area (Å²) in [6, 6.07) is 14.1. The molecular weight excluding hydrogens is 575 g/mol. The van der Waals surface area contributed by atoms with Crippen molar-refractivity contribution in [2.24, 2.45) is 0 Å². The van der Waals surface area contributed by atoms with Crippen LogP contribution in [0.25, 0.3) is 11.2 Å². The van der Waals surface area contributed by atoms with Crippen LogP contribution in [0.3, 0.4) is 0 Å². The molecule has 224 valence electrons. The lowest BCUT2D eigenvalue weighted by Gasteiger charge is -2.35. The first-order chi connectivity index (χ1) is 21.0. The number of aromatic nitrogens is 3. The molecule has 11 heteroatoms. The number of hydrogen-bond acceptors (Lipinski definition) is 8. The Labute approximate surface area is 253 Å². The first kappa shape index (κ1) is 28.1. The summed E-state index contributed by atoms with van der Waals surface area (Å²) in [7, 11) is 1.35. The number of fused-ring (bicyclic) bond motifs is 2. The molecule has 2 fully saturated rings. The van der Waals surface area contributed by atoms with Crippen LogP contribution in [0.2, 0.25) is 5.02 Å². The van der Waals surface area contributed by atoms with Crippen molar-refractivity contribution in [1.82, 2.24) is 19.4 Å². The molecular formula is C32H32ClFN4O5. The molecule has 2 aromatic carbocycles. The molecule has 3 aliphatic rings. The van der Waals surface area contributed by atoms with Crippen molar-refractivity contribution in [1.29, 1.82) is 0 Å². The number of rotatable bonds is 7. The minimum Gasteiger partial charge on any atom is -0.485 e. The van der Waals surface area contributed by atoms with E-state index < -0.39 is 17.9 Å². The average molecular weight is 607 g/mol. The minimum atomic E-state index is -0.549. The van der Waals surface area contributed by atoms with E-state index in [0.29, 0.717) is 40.8 Å². The van der Waals surface area contributed by atoms with Crippen LogP contribution in [-0.4, -0.2) is 64.9 Å². The number of carbonyl (C=O) groups is 1. The smallest absolute Gasteiger partial charge is 0.356 e. The van der Waals surface area contributed by atoms with Gasteiger partial charge in [-0.3, -0.25) is 4.90 Å². The van der Waals surface area contributed by atoms with E-state index in [2.05, 4.69) is 20.5 Å². The van der Waals surface area contributed by atoms with Gasteiger partial charge < -0.3 is 23.5 Å². The molecule has 0 amide bonds. The number of pyridine rings is 1. The molecule has 0 radical (unpaired) electrons. The van der Waals surface area contributed by atoms with E-state index >= 15 is 0 Å². The number of carbonyl (C=O) groups excluding carboxylic acids is 1. The Hall–Kier alpha value is -3.73. The Morgan fingerprint density at radius 1 is 1.09 bits per heavy atom. The van der Waals surface area contributed by atoms with E-state index in [0.717, 1.165) is 55.9 Å². The first-order valence-electron chi connectivity index (χ1n) is 14.6. The Morgan fingerprint density at radius 2 is 1.93 bits per heavy atom. The Bertz CT molecular complexity index is 1670. The van der Waals surface area contributed by atoms with Gasteiger partial charge in [0.2, 0.25) is 0 Å². The van der Waals surface area contributed by atoms with Crippen LogP contribution in [0.5, 0.6) is 11.5 Å². The lowest BCUT2D eigenvalue weighted by atomic mass is 9.88. The van der Waals surface area contributed by atoms with E-state index in [1.165, 1.54) is 13.2 Å². The van der Waals surface area contributed by atoms with Crippen molar-refractivity contribution in [3.05, 3.63) is 82.0 Å². The van der Waals surface area contributed by atoms with Gasteiger partial charge >= 0.3 is 5.97 Å². The van der Waals surface area contributed by atoms with Crippen molar-refractivity contribution in [2.45, 2.75) is 50.5 Å². The molecule has 2 saturated heterocycles. The summed E-state index contributed by atoms with van der Waals surface area (Å²) in [5.74, 6) is 1.69. The number of likely N-dealkylation sites (tertiary alicyclic amines) is 1. The number of benzene rings is 2. The van der Waals surface area contributed by atoms with E-state index in [4.69, 9.17) is 35.5 Å². The summed E-state index contributed by atoms with van der Waals surface area (Å²) in [4.78, 5) is 24.1. The third-order valence-corrected chi connectivity index (χ3v) is 8.84. The quantitative estimate of drug-likeness (QED) is 0.248. The first-order valence-corrected chi connectivity index (χ1v) is 15.0. The van der Waals surface area contributed by atoms with Gasteiger partial charge in [-0.1, -0.05) is 29.8 Å². The topological polar surface area (TPSA) is 87.9 Å². The van der Waals surface area contributed by atoms with Gasteiger partial charge in [0, 0.05) is 22.8 Å². The molecule has 43 heavy (non-hydrogen) atoms. The summed E-state index contributed by atoms with van der Waals surface area (Å²) >= 11 is 5.96. The molecule has 3 aliphatic heterocycles. The van der Waals surface area contributed by atoms with Crippen molar-refractivity contribution in [3.63, 3.8) is 0 Å². The molecule has 0 N–H and O–H groups in total. The SMILES string of the molecule is COC(=O)c1ccc2nc(CN3CCC(c4cccc5c4OC(c4ccc(Cl)cc4F)CO5)CC3)n(C[C@@H]3CCO3)c2n1. The predicted octanol–water partition coefficient (Wildman–Crippen LogP) is 5.69. The molecule has 0 aliphatic carbocycles. The molecule has 5 heterocycles. The number of halogens is 2. The highest BCUT2D eigenvalue weighted by molar-refractivity contribution is 6.30. The molecule has 0 saturated carbocycles. The van der Waals surface area contributed by atoms with E-state index in [1.807, 2.05) is 18.2 Å². The van der Waals surface area contributed by atoms with Crippen LogP contribution >= 0.6 is 11.6 Å². The van der Waals surface area contributed by atoms with Crippen LogP contribution < -0.4 is 9.47 Å². The molecule has 2 atom stereocenters. The van der Waals surface area contributed by atoms with Crippen molar-refractivity contribution in [3.8, 4) is 11.5 Å². The lowest BCUT2D eigenvalue weighted by molar-refractivity contribution is -0.0593. The van der Waals surface area contributed by atoms with Gasteiger partial charge in [-0.2, -0.15) is 0 Å². The lowest BCUT2D eigenvalue weighted by Crippen LogP contribution is -2.35. The van der Waals surface area contributed by atoms with Crippen LogP contribution in [0.15, 0.2) is 48.5 Å². The number of hydrogen-bond donors (Lipinski definition) is 0.